The van der Waals surface area contributed by atoms with Gasteiger partial charge in [0.25, 0.3) is 0 Å². The summed E-state index contributed by atoms with van der Waals surface area (Å²) in [6, 6.07) is 0. The van der Waals surface area contributed by atoms with Crippen molar-refractivity contribution in [2.45, 2.75) is 47.3 Å². The molecular weight excluding hydrogens is 152 g/mol. The number of carbonyl (C=O) groups is 1. The first kappa shape index (κ1) is 5.25. The van der Waals surface area contributed by atoms with Crippen LogP contribution in [-0.4, -0.2) is 11.1 Å². The van der Waals surface area contributed by atoms with Gasteiger partial charge >= 0.3 is 5.97 Å². The number of hydrogen-bond acceptors (Lipinski definition) is 1. The van der Waals surface area contributed by atoms with E-state index in [2.05, 4.69) is 0 Å². The third-order valence-electron chi connectivity index (χ3n) is 1.40. The van der Waals surface area contributed by atoms with Crippen molar-refractivity contribution >= 4 is 5.97 Å². The molecule has 0 aliphatic carbocycles. The monoisotopic (exact) mass is 177 g/mol. The van der Waals surface area contributed by atoms with Crippen molar-refractivity contribution in [1.29, 1.82) is 0 Å². The Balaban J connectivity index is 5.57. The molecule has 0 aliphatic heterocycles. The zero-order valence-corrected chi connectivity index (χ0v) is 8.06. The zero-order valence-electron chi connectivity index (χ0n) is 13.1. The summed E-state index contributed by atoms with van der Waals surface area (Å²) in [6.45, 7) is 3.29. The van der Waals surface area contributed by atoms with E-state index in [9.17, 15) is 4.79 Å². The van der Waals surface area contributed by atoms with E-state index in [1.807, 2.05) is 0 Å². The van der Waals surface area contributed by atoms with Crippen LogP contribution in [-0.2, 0) is 4.79 Å². The van der Waals surface area contributed by atoms with Crippen molar-refractivity contribution in [2.75, 3.05) is 0 Å². The van der Waals surface area contributed by atoms with Gasteiger partial charge in [-0.2, -0.15) is 0 Å². The second-order valence-electron chi connectivity index (χ2n) is 4.34. The predicted octanol–water partition coefficient (Wildman–Crippen LogP) is 2.92. The Labute approximate surface area is 82.0 Å². The lowest BCUT2D eigenvalue weighted by atomic mass is 9.80. The molecule has 0 aliphatic rings. The highest BCUT2D eigenvalue weighted by Crippen LogP contribution is 2.30. The normalized spacial score (nSPS) is 25.5. The number of carboxylic acids is 1. The van der Waals surface area contributed by atoms with Gasteiger partial charge < -0.3 is 5.11 Å². The summed E-state index contributed by atoms with van der Waals surface area (Å²) in [5.41, 5.74) is -2.90. The molecule has 0 heterocycles. The summed E-state index contributed by atoms with van der Waals surface area (Å²) in [5.74, 6) is -1.63. The van der Waals surface area contributed by atoms with Crippen molar-refractivity contribution in [3.63, 3.8) is 0 Å². The standard InChI is InChI=1S/C10H20O2/c1-9(2,3)6-7-10(4,5)8(11)12/h6-7H2,1-5H3,(H,11,12)/i4D3,7D2. The zero-order chi connectivity index (χ0) is 14.3. The molecule has 72 valence electrons. The van der Waals surface area contributed by atoms with E-state index < -0.39 is 30.0 Å². The Bertz CT molecular complexity index is 303. The first-order chi connectivity index (χ1) is 7.15. The molecule has 1 unspecified atom stereocenters. The van der Waals surface area contributed by atoms with Gasteiger partial charge in [-0.1, -0.05) is 20.8 Å². The van der Waals surface area contributed by atoms with E-state index in [1.54, 1.807) is 20.8 Å². The van der Waals surface area contributed by atoms with E-state index in [4.69, 9.17) is 12.0 Å². The number of hydrogen-bond donors (Lipinski definition) is 1. The molecule has 1 atom stereocenters. The number of carboxylic acid groups (broad SMARTS) is 1. The fourth-order valence-corrected chi connectivity index (χ4v) is 0.518. The third-order valence-corrected chi connectivity index (χ3v) is 1.40. The second-order valence-corrected chi connectivity index (χ2v) is 4.34. The van der Waals surface area contributed by atoms with Gasteiger partial charge in [-0.05, 0) is 32.0 Å². The maximum absolute atomic E-state index is 11.2. The summed E-state index contributed by atoms with van der Waals surface area (Å²) in [6.07, 6.45) is -2.45. The van der Waals surface area contributed by atoms with E-state index in [0.717, 1.165) is 6.92 Å². The molecular formula is C10H20O2. The van der Waals surface area contributed by atoms with Gasteiger partial charge in [0.05, 0.1) is 5.41 Å². The smallest absolute Gasteiger partial charge is 0.309 e. The maximum atomic E-state index is 11.2. The van der Waals surface area contributed by atoms with Gasteiger partial charge in [0.2, 0.25) is 0 Å². The van der Waals surface area contributed by atoms with Crippen LogP contribution in [0, 0.1) is 10.8 Å². The lowest BCUT2D eigenvalue weighted by Crippen LogP contribution is -2.25. The number of aliphatic carboxylic acids is 1. The van der Waals surface area contributed by atoms with E-state index in [1.165, 1.54) is 0 Å². The van der Waals surface area contributed by atoms with E-state index >= 15 is 0 Å². The summed E-state index contributed by atoms with van der Waals surface area (Å²) in [5, 5.41) is 9.10. The fraction of sp³-hybridized carbons (Fsp3) is 0.900. The van der Waals surface area contributed by atoms with Crippen molar-refractivity contribution in [3.8, 4) is 0 Å². The SMILES string of the molecule is [2H]C([2H])([2H])C(C)(C(=O)O)C([2H])([2H])CC(C)(C)C. The maximum Gasteiger partial charge on any atom is 0.309 e. The fourth-order valence-electron chi connectivity index (χ4n) is 0.518. The minimum Gasteiger partial charge on any atom is -0.481 e. The van der Waals surface area contributed by atoms with Crippen LogP contribution in [0.5, 0.6) is 0 Å². The average Bonchev–Trinajstić information content (AvgIpc) is 1.94. The lowest BCUT2D eigenvalue weighted by molar-refractivity contribution is -0.147. The van der Waals surface area contributed by atoms with Crippen LogP contribution in [0.2, 0.25) is 0 Å². The molecule has 0 fully saturated rings. The van der Waals surface area contributed by atoms with Gasteiger partial charge in [0.15, 0.2) is 0 Å². The molecule has 1 N–H and O–H groups in total. The van der Waals surface area contributed by atoms with Gasteiger partial charge in [-0.25, -0.2) is 0 Å². The largest absolute Gasteiger partial charge is 0.481 e. The molecule has 0 radical (unpaired) electrons. The van der Waals surface area contributed by atoms with Crippen molar-refractivity contribution < 1.29 is 16.8 Å². The molecule has 12 heavy (non-hydrogen) atoms. The van der Waals surface area contributed by atoms with Gasteiger partial charge in [0, 0.05) is 6.85 Å². The molecule has 2 nitrogen and oxygen atoms in total. The van der Waals surface area contributed by atoms with Crippen molar-refractivity contribution in [1.82, 2.24) is 0 Å². The first-order valence-corrected chi connectivity index (χ1v) is 3.88. The highest BCUT2D eigenvalue weighted by Gasteiger charge is 2.28. The lowest BCUT2D eigenvalue weighted by Gasteiger charge is -2.25. The van der Waals surface area contributed by atoms with Crippen LogP contribution in [0.4, 0.5) is 0 Å². The highest BCUT2D eigenvalue weighted by atomic mass is 16.4. The molecule has 0 rings (SSSR count). The molecule has 0 bridgehead atoms. The Morgan fingerprint density at radius 1 is 1.50 bits per heavy atom. The molecule has 0 saturated carbocycles. The Kier molecular flexibility index (Phi) is 1.52. The third kappa shape index (κ3) is 4.37. The van der Waals surface area contributed by atoms with Crippen LogP contribution < -0.4 is 0 Å². The van der Waals surface area contributed by atoms with Crippen LogP contribution in [0.3, 0.4) is 0 Å². The van der Waals surface area contributed by atoms with Crippen molar-refractivity contribution in [3.05, 3.63) is 0 Å². The Morgan fingerprint density at radius 2 is 2.00 bits per heavy atom. The van der Waals surface area contributed by atoms with Crippen molar-refractivity contribution in [2.24, 2.45) is 10.8 Å². The van der Waals surface area contributed by atoms with Crippen LogP contribution in [0.25, 0.3) is 0 Å². The quantitative estimate of drug-likeness (QED) is 0.719. The van der Waals surface area contributed by atoms with Crippen LogP contribution in [0.15, 0.2) is 0 Å². The van der Waals surface area contributed by atoms with Gasteiger partial charge in [0.1, 0.15) is 0 Å². The molecule has 0 amide bonds. The molecule has 0 saturated heterocycles. The van der Waals surface area contributed by atoms with Crippen LogP contribution >= 0.6 is 0 Å². The molecule has 0 aromatic heterocycles. The minimum atomic E-state index is -2.90. The predicted molar refractivity (Wildman–Crippen MR) is 50.1 cm³/mol. The van der Waals surface area contributed by atoms with Gasteiger partial charge in [-0.3, -0.25) is 4.79 Å². The van der Waals surface area contributed by atoms with Gasteiger partial charge in [-0.15, -0.1) is 0 Å². The summed E-state index contributed by atoms with van der Waals surface area (Å²) >= 11 is 0. The first-order valence-electron chi connectivity index (χ1n) is 6.38. The molecule has 0 aromatic rings. The van der Waals surface area contributed by atoms with Crippen LogP contribution in [0.1, 0.15) is 54.2 Å². The molecule has 2 heteroatoms. The Morgan fingerprint density at radius 3 is 2.25 bits per heavy atom. The summed E-state index contributed by atoms with van der Waals surface area (Å²) in [4.78, 5) is 11.2. The summed E-state index contributed by atoms with van der Waals surface area (Å²) in [7, 11) is 0. The van der Waals surface area contributed by atoms with E-state index in [0.29, 0.717) is 0 Å². The Hall–Kier alpha value is -0.530. The van der Waals surface area contributed by atoms with E-state index in [-0.39, 0.29) is 6.42 Å². The second kappa shape index (κ2) is 3.46. The highest BCUT2D eigenvalue weighted by molar-refractivity contribution is 5.73. The average molecular weight is 177 g/mol. The number of rotatable bonds is 3. The summed E-state index contributed by atoms with van der Waals surface area (Å²) < 4.78 is 37.6. The molecule has 0 aromatic carbocycles. The topological polar surface area (TPSA) is 37.3 Å². The minimum absolute atomic E-state index is 0.138. The molecule has 0 spiro atoms.